The molecule has 1 aliphatic heterocycles. The lowest BCUT2D eigenvalue weighted by Gasteiger charge is -2.43. The number of nitrogens with one attached hydrogen (secondary N) is 1. The Hall–Kier alpha value is -1.01. The predicted molar refractivity (Wildman–Crippen MR) is 103 cm³/mol. The average Bonchev–Trinajstić information content (AvgIpc) is 2.51. The van der Waals surface area contributed by atoms with Crippen molar-refractivity contribution in [1.29, 1.82) is 0 Å². The fourth-order valence-corrected chi connectivity index (χ4v) is 3.60. The molecule has 0 aromatic heterocycles. The Kier molecular flexibility index (Phi) is 9.00. The van der Waals surface area contributed by atoms with Gasteiger partial charge in [-0.3, -0.25) is 9.69 Å². The largest absolute Gasteiger partial charge is 0.493 e. The summed E-state index contributed by atoms with van der Waals surface area (Å²) in [5, 5.41) is 3.43. The van der Waals surface area contributed by atoms with E-state index in [0.29, 0.717) is 17.5 Å². The fourth-order valence-electron chi connectivity index (χ4n) is 3.60. The molecule has 25 heavy (non-hydrogen) atoms. The first-order valence-electron chi connectivity index (χ1n) is 8.50. The lowest BCUT2D eigenvalue weighted by molar-refractivity contribution is -0.132. The Balaban J connectivity index is 0.00000156. The summed E-state index contributed by atoms with van der Waals surface area (Å²) in [5.41, 5.74) is 1.27. The van der Waals surface area contributed by atoms with Gasteiger partial charge in [0, 0.05) is 39.1 Å². The SMILES string of the molecule is COc1cc([C@H](C2CCC2)N2CCNCC2)ccc1OC(C)=O.Cl.Cl. The molecule has 0 unspecified atom stereocenters. The minimum atomic E-state index is -0.325. The fraction of sp³-hybridized carbons (Fsp3) is 0.611. The van der Waals surface area contributed by atoms with Gasteiger partial charge in [0.2, 0.25) is 0 Å². The zero-order valence-corrected chi connectivity index (χ0v) is 16.5. The number of hydrogen-bond donors (Lipinski definition) is 1. The molecule has 7 heteroatoms. The highest BCUT2D eigenvalue weighted by molar-refractivity contribution is 5.85. The van der Waals surface area contributed by atoms with Crippen molar-refractivity contribution in [1.82, 2.24) is 10.2 Å². The zero-order valence-electron chi connectivity index (χ0n) is 14.8. The van der Waals surface area contributed by atoms with Crippen LogP contribution in [0.25, 0.3) is 0 Å². The van der Waals surface area contributed by atoms with Gasteiger partial charge in [-0.15, -0.1) is 24.8 Å². The molecule has 0 spiro atoms. The number of esters is 1. The highest BCUT2D eigenvalue weighted by Crippen LogP contribution is 2.43. The van der Waals surface area contributed by atoms with Crippen LogP contribution in [0.2, 0.25) is 0 Å². The standard InChI is InChI=1S/C18H26N2O3.2ClH/c1-13(21)23-16-7-6-15(12-17(16)22-2)18(14-4-3-5-14)20-10-8-19-9-11-20;;/h6-7,12,14,18-19H,3-5,8-11H2,1-2H3;2*1H/t18-;;/m0../s1. The van der Waals surface area contributed by atoms with Gasteiger partial charge in [0.15, 0.2) is 11.5 Å². The van der Waals surface area contributed by atoms with Crippen LogP contribution in [0, 0.1) is 5.92 Å². The van der Waals surface area contributed by atoms with Crippen LogP contribution in [0.1, 0.15) is 37.8 Å². The highest BCUT2D eigenvalue weighted by atomic mass is 35.5. The third-order valence-corrected chi connectivity index (χ3v) is 4.92. The lowest BCUT2D eigenvalue weighted by Crippen LogP contribution is -2.47. The molecule has 1 aromatic rings. The van der Waals surface area contributed by atoms with E-state index in [9.17, 15) is 4.79 Å². The number of halogens is 2. The molecule has 0 bridgehead atoms. The molecule has 2 fully saturated rings. The molecule has 1 saturated heterocycles. The maximum absolute atomic E-state index is 11.2. The Labute approximate surface area is 162 Å². The summed E-state index contributed by atoms with van der Waals surface area (Å²) in [5.74, 6) is 1.53. The van der Waals surface area contributed by atoms with Crippen molar-refractivity contribution in [3.8, 4) is 11.5 Å². The van der Waals surface area contributed by atoms with E-state index in [4.69, 9.17) is 9.47 Å². The van der Waals surface area contributed by atoms with Crippen LogP contribution < -0.4 is 14.8 Å². The number of methoxy groups -OCH3 is 1. The molecular weight excluding hydrogens is 363 g/mol. The molecule has 2 aliphatic rings. The summed E-state index contributed by atoms with van der Waals surface area (Å²) < 4.78 is 10.7. The van der Waals surface area contributed by atoms with E-state index in [1.54, 1.807) is 7.11 Å². The maximum atomic E-state index is 11.2. The smallest absolute Gasteiger partial charge is 0.308 e. The Bertz CT molecular complexity index is 561. The van der Waals surface area contributed by atoms with Crippen LogP contribution in [0.3, 0.4) is 0 Å². The number of carbonyl (C=O) groups is 1. The van der Waals surface area contributed by atoms with E-state index in [0.717, 1.165) is 32.1 Å². The molecule has 1 aliphatic carbocycles. The molecule has 1 heterocycles. The van der Waals surface area contributed by atoms with Crippen LogP contribution in [0.5, 0.6) is 11.5 Å². The topological polar surface area (TPSA) is 50.8 Å². The Morgan fingerprint density at radius 1 is 1.20 bits per heavy atom. The summed E-state index contributed by atoms with van der Waals surface area (Å²) in [4.78, 5) is 13.8. The van der Waals surface area contributed by atoms with E-state index in [1.807, 2.05) is 12.1 Å². The van der Waals surface area contributed by atoms with Gasteiger partial charge < -0.3 is 14.8 Å². The van der Waals surface area contributed by atoms with Gasteiger partial charge >= 0.3 is 5.97 Å². The van der Waals surface area contributed by atoms with Crippen LogP contribution in [0.4, 0.5) is 0 Å². The third-order valence-electron chi connectivity index (χ3n) is 4.92. The highest BCUT2D eigenvalue weighted by Gasteiger charge is 2.34. The Morgan fingerprint density at radius 3 is 2.40 bits per heavy atom. The number of carbonyl (C=O) groups excluding carboxylic acids is 1. The van der Waals surface area contributed by atoms with Gasteiger partial charge in [-0.05, 0) is 36.5 Å². The second kappa shape index (κ2) is 10.2. The van der Waals surface area contributed by atoms with Crippen LogP contribution in [-0.2, 0) is 4.79 Å². The van der Waals surface area contributed by atoms with Gasteiger partial charge in [0.05, 0.1) is 7.11 Å². The predicted octanol–water partition coefficient (Wildman–Crippen LogP) is 3.21. The van der Waals surface area contributed by atoms with Gasteiger partial charge in [0.1, 0.15) is 0 Å². The summed E-state index contributed by atoms with van der Waals surface area (Å²) in [6.45, 7) is 5.66. The Morgan fingerprint density at radius 2 is 1.88 bits per heavy atom. The molecular formula is C18H28Cl2N2O3. The molecule has 1 N–H and O–H groups in total. The van der Waals surface area contributed by atoms with Gasteiger partial charge in [-0.1, -0.05) is 12.5 Å². The normalized spacial score (nSPS) is 19.0. The zero-order chi connectivity index (χ0) is 16.2. The second-order valence-corrected chi connectivity index (χ2v) is 6.43. The first kappa shape index (κ1) is 22.0. The van der Waals surface area contributed by atoms with Crippen molar-refractivity contribution in [3.63, 3.8) is 0 Å². The summed E-state index contributed by atoms with van der Waals surface area (Å²) >= 11 is 0. The molecule has 1 saturated carbocycles. The summed E-state index contributed by atoms with van der Waals surface area (Å²) in [6, 6.07) is 6.43. The van der Waals surface area contributed by atoms with Crippen LogP contribution in [-0.4, -0.2) is 44.2 Å². The van der Waals surface area contributed by atoms with Gasteiger partial charge in [-0.2, -0.15) is 0 Å². The van der Waals surface area contributed by atoms with Gasteiger partial charge in [0.25, 0.3) is 0 Å². The van der Waals surface area contributed by atoms with Crippen LogP contribution >= 0.6 is 24.8 Å². The number of ether oxygens (including phenoxy) is 2. The summed E-state index contributed by atoms with van der Waals surface area (Å²) in [6.07, 6.45) is 3.92. The van der Waals surface area contributed by atoms with Crippen molar-refractivity contribution >= 4 is 30.8 Å². The first-order valence-corrected chi connectivity index (χ1v) is 8.50. The summed E-state index contributed by atoms with van der Waals surface area (Å²) in [7, 11) is 1.62. The van der Waals surface area contributed by atoms with E-state index in [-0.39, 0.29) is 30.8 Å². The number of piperazine rings is 1. The number of nitrogens with zero attached hydrogens (tertiary/aromatic N) is 1. The average molecular weight is 391 g/mol. The second-order valence-electron chi connectivity index (χ2n) is 6.43. The molecule has 142 valence electrons. The lowest BCUT2D eigenvalue weighted by atomic mass is 9.76. The van der Waals surface area contributed by atoms with E-state index in [1.165, 1.54) is 31.7 Å². The van der Waals surface area contributed by atoms with Crippen LogP contribution in [0.15, 0.2) is 18.2 Å². The van der Waals surface area contributed by atoms with Crippen molar-refractivity contribution in [2.75, 3.05) is 33.3 Å². The molecule has 1 aromatic carbocycles. The van der Waals surface area contributed by atoms with E-state index in [2.05, 4.69) is 16.3 Å². The maximum Gasteiger partial charge on any atom is 0.308 e. The van der Waals surface area contributed by atoms with E-state index >= 15 is 0 Å². The molecule has 0 amide bonds. The first-order chi connectivity index (χ1) is 11.2. The third kappa shape index (κ3) is 5.23. The number of benzene rings is 1. The molecule has 1 atom stereocenters. The van der Waals surface area contributed by atoms with E-state index < -0.39 is 0 Å². The minimum absolute atomic E-state index is 0. The van der Waals surface area contributed by atoms with Gasteiger partial charge in [-0.25, -0.2) is 0 Å². The van der Waals surface area contributed by atoms with Crippen molar-refractivity contribution in [2.45, 2.75) is 32.2 Å². The minimum Gasteiger partial charge on any atom is -0.493 e. The monoisotopic (exact) mass is 390 g/mol. The molecule has 5 nitrogen and oxygen atoms in total. The van der Waals surface area contributed by atoms with Crippen molar-refractivity contribution in [2.24, 2.45) is 5.92 Å². The van der Waals surface area contributed by atoms with Crippen molar-refractivity contribution in [3.05, 3.63) is 23.8 Å². The molecule has 0 radical (unpaired) electrons. The van der Waals surface area contributed by atoms with Crippen molar-refractivity contribution < 1.29 is 14.3 Å². The number of hydrogen-bond acceptors (Lipinski definition) is 5. The number of rotatable bonds is 5. The quantitative estimate of drug-likeness (QED) is 0.617. The molecule has 3 rings (SSSR count).